The van der Waals surface area contributed by atoms with Crippen LogP contribution in [0.25, 0.3) is 10.6 Å². The van der Waals surface area contributed by atoms with E-state index in [1.54, 1.807) is 24.3 Å². The van der Waals surface area contributed by atoms with Crippen LogP contribution in [0.15, 0.2) is 54.6 Å². The van der Waals surface area contributed by atoms with E-state index in [4.69, 9.17) is 4.74 Å². The first-order chi connectivity index (χ1) is 12.3. The van der Waals surface area contributed by atoms with Crippen molar-refractivity contribution in [2.75, 3.05) is 0 Å². The van der Waals surface area contributed by atoms with Crippen LogP contribution < -0.4 is 4.74 Å². The molecule has 0 amide bonds. The number of hydrogen-bond donors (Lipinski definition) is 1. The summed E-state index contributed by atoms with van der Waals surface area (Å²) in [4.78, 5) is 15.5. The van der Waals surface area contributed by atoms with Crippen LogP contribution in [-0.2, 0) is 12.8 Å². The third-order valence-corrected chi connectivity index (χ3v) is 4.54. The second-order valence-electron chi connectivity index (χ2n) is 5.31. The summed E-state index contributed by atoms with van der Waals surface area (Å²) in [7, 11) is 0. The van der Waals surface area contributed by atoms with Gasteiger partial charge in [0.1, 0.15) is 11.6 Å². The molecule has 0 saturated heterocycles. The van der Waals surface area contributed by atoms with Crippen LogP contribution in [0.4, 0.5) is 13.2 Å². The molecular formula is C18H12F3NO3S. The molecular weight excluding hydrogens is 367 g/mol. The second-order valence-corrected chi connectivity index (χ2v) is 6.31. The Balaban J connectivity index is 1.79. The Kier molecular flexibility index (Phi) is 4.94. The number of hydrogen-bond acceptors (Lipinski definition) is 4. The predicted octanol–water partition coefficient (Wildman–Crippen LogP) is 5.11. The Morgan fingerprint density at radius 3 is 2.31 bits per heavy atom. The summed E-state index contributed by atoms with van der Waals surface area (Å²) in [6, 6.07) is 13.5. The first kappa shape index (κ1) is 17.9. The number of carboxylic acids is 1. The average Bonchev–Trinajstić information content (AvgIpc) is 3.05. The summed E-state index contributed by atoms with van der Waals surface area (Å²) < 4.78 is 43.2. The molecule has 1 aromatic heterocycles. The van der Waals surface area contributed by atoms with Crippen molar-refractivity contribution in [3.8, 4) is 16.5 Å². The van der Waals surface area contributed by atoms with E-state index >= 15 is 0 Å². The Morgan fingerprint density at radius 1 is 1.08 bits per heavy atom. The van der Waals surface area contributed by atoms with Crippen LogP contribution >= 0.6 is 11.3 Å². The molecule has 0 aliphatic heterocycles. The van der Waals surface area contributed by atoms with Crippen LogP contribution in [0.5, 0.6) is 5.88 Å². The molecule has 4 nitrogen and oxygen atoms in total. The largest absolute Gasteiger partial charge is 0.477 e. The number of aromatic carboxylic acids is 1. The van der Waals surface area contributed by atoms with Crippen LogP contribution in [0, 0.1) is 0 Å². The van der Waals surface area contributed by atoms with Gasteiger partial charge >= 0.3 is 12.1 Å². The number of nitrogens with zero attached hydrogens (tertiary/aromatic N) is 1. The van der Waals surface area contributed by atoms with Crippen LogP contribution in [0.1, 0.15) is 20.8 Å². The highest BCUT2D eigenvalue weighted by Gasteiger charge is 2.30. The van der Waals surface area contributed by atoms with Crippen LogP contribution in [0.2, 0.25) is 0 Å². The fourth-order valence-electron chi connectivity index (χ4n) is 2.18. The Morgan fingerprint density at radius 2 is 1.73 bits per heavy atom. The van der Waals surface area contributed by atoms with Crippen LogP contribution in [0.3, 0.4) is 0 Å². The predicted molar refractivity (Wildman–Crippen MR) is 90.3 cm³/mol. The quantitative estimate of drug-likeness (QED) is 0.670. The molecule has 0 spiro atoms. The molecule has 0 aliphatic carbocycles. The number of benzene rings is 2. The lowest BCUT2D eigenvalue weighted by Gasteiger charge is -2.08. The highest BCUT2D eigenvalue weighted by Crippen LogP contribution is 2.33. The lowest BCUT2D eigenvalue weighted by atomic mass is 10.1. The van der Waals surface area contributed by atoms with E-state index in [2.05, 4.69) is 4.98 Å². The summed E-state index contributed by atoms with van der Waals surface area (Å²) in [5.41, 5.74) is 0.473. The molecule has 0 atom stereocenters. The summed E-state index contributed by atoms with van der Waals surface area (Å²) in [5.74, 6) is -1.23. The minimum Gasteiger partial charge on any atom is -0.477 e. The van der Waals surface area contributed by atoms with Gasteiger partial charge in [-0.2, -0.15) is 13.2 Å². The summed E-state index contributed by atoms with van der Waals surface area (Å²) >= 11 is 0.977. The number of carboxylic acid groups (broad SMARTS) is 1. The minimum absolute atomic E-state index is 0.0544. The molecule has 3 aromatic rings. The van der Waals surface area contributed by atoms with Gasteiger partial charge in [0.05, 0.1) is 5.56 Å². The maximum Gasteiger partial charge on any atom is 0.416 e. The average molecular weight is 379 g/mol. The molecule has 0 saturated carbocycles. The molecule has 26 heavy (non-hydrogen) atoms. The molecule has 0 fully saturated rings. The lowest BCUT2D eigenvalue weighted by Crippen LogP contribution is -2.05. The number of carbonyl (C=O) groups is 1. The van der Waals surface area contributed by atoms with E-state index in [9.17, 15) is 23.1 Å². The zero-order valence-corrected chi connectivity index (χ0v) is 14.0. The number of thiazole rings is 1. The third-order valence-electron chi connectivity index (χ3n) is 3.47. The number of rotatable bonds is 5. The highest BCUT2D eigenvalue weighted by molar-refractivity contribution is 7.17. The lowest BCUT2D eigenvalue weighted by molar-refractivity contribution is -0.137. The first-order valence-electron chi connectivity index (χ1n) is 7.43. The zero-order chi connectivity index (χ0) is 18.7. The fourth-order valence-corrected chi connectivity index (χ4v) is 3.04. The molecule has 8 heteroatoms. The van der Waals surface area contributed by atoms with E-state index in [1.807, 2.05) is 6.07 Å². The molecule has 0 bridgehead atoms. The number of alkyl halides is 3. The van der Waals surface area contributed by atoms with Crippen LogP contribution in [-0.4, -0.2) is 16.1 Å². The summed E-state index contributed by atoms with van der Waals surface area (Å²) in [6.45, 7) is -0.0869. The SMILES string of the molecule is O=C(O)c1sc(-c2ccccc2)nc1OCc1ccc(C(F)(F)F)cc1. The zero-order valence-electron chi connectivity index (χ0n) is 13.2. The van der Waals surface area contributed by atoms with Gasteiger partial charge in [-0.25, -0.2) is 9.78 Å². The molecule has 2 aromatic carbocycles. The number of halogens is 3. The molecule has 1 N–H and O–H groups in total. The first-order valence-corrected chi connectivity index (χ1v) is 8.25. The second kappa shape index (κ2) is 7.17. The highest BCUT2D eigenvalue weighted by atomic mass is 32.1. The van der Waals surface area contributed by atoms with Crippen molar-refractivity contribution in [3.63, 3.8) is 0 Å². The molecule has 0 unspecified atom stereocenters. The summed E-state index contributed by atoms with van der Waals surface area (Å²) in [5, 5.41) is 9.81. The summed E-state index contributed by atoms with van der Waals surface area (Å²) in [6.07, 6.45) is -4.41. The van der Waals surface area contributed by atoms with Gasteiger partial charge in [0, 0.05) is 5.56 Å². The standard InChI is InChI=1S/C18H12F3NO3S/c19-18(20,21)13-8-6-11(7-9-13)10-25-15-14(17(23)24)26-16(22-15)12-4-2-1-3-5-12/h1-9H,10H2,(H,23,24). The third kappa shape index (κ3) is 4.02. The van der Waals surface area contributed by atoms with Crippen molar-refractivity contribution in [1.29, 1.82) is 0 Å². The van der Waals surface area contributed by atoms with Crippen molar-refractivity contribution in [2.24, 2.45) is 0 Å². The molecule has 3 rings (SSSR count). The van der Waals surface area contributed by atoms with Crippen molar-refractivity contribution in [1.82, 2.24) is 4.98 Å². The maximum absolute atomic E-state index is 12.6. The number of aromatic nitrogens is 1. The van der Waals surface area contributed by atoms with Gasteiger partial charge in [0.2, 0.25) is 5.88 Å². The molecule has 1 heterocycles. The van der Waals surface area contributed by atoms with E-state index in [1.165, 1.54) is 12.1 Å². The van der Waals surface area contributed by atoms with Gasteiger partial charge in [-0.3, -0.25) is 0 Å². The van der Waals surface area contributed by atoms with Gasteiger partial charge in [-0.15, -0.1) is 11.3 Å². The Bertz CT molecular complexity index is 906. The maximum atomic E-state index is 12.6. The minimum atomic E-state index is -4.41. The van der Waals surface area contributed by atoms with Gasteiger partial charge in [-0.1, -0.05) is 42.5 Å². The van der Waals surface area contributed by atoms with Crippen molar-refractivity contribution < 1.29 is 27.8 Å². The van der Waals surface area contributed by atoms with Crippen molar-refractivity contribution >= 4 is 17.3 Å². The molecule has 134 valence electrons. The molecule has 0 aliphatic rings. The van der Waals surface area contributed by atoms with E-state index in [-0.39, 0.29) is 17.4 Å². The molecule has 0 radical (unpaired) electrons. The van der Waals surface area contributed by atoms with Gasteiger partial charge in [0.15, 0.2) is 4.88 Å². The Hall–Kier alpha value is -2.87. The van der Waals surface area contributed by atoms with E-state index in [0.717, 1.165) is 29.0 Å². The monoisotopic (exact) mass is 379 g/mol. The fraction of sp³-hybridized carbons (Fsp3) is 0.111. The van der Waals surface area contributed by atoms with Gasteiger partial charge in [-0.05, 0) is 17.7 Å². The van der Waals surface area contributed by atoms with Crippen molar-refractivity contribution in [2.45, 2.75) is 12.8 Å². The van der Waals surface area contributed by atoms with Gasteiger partial charge < -0.3 is 9.84 Å². The smallest absolute Gasteiger partial charge is 0.416 e. The topological polar surface area (TPSA) is 59.4 Å². The number of ether oxygens (including phenoxy) is 1. The Labute approximate surface area is 150 Å². The van der Waals surface area contributed by atoms with E-state index < -0.39 is 17.7 Å². The van der Waals surface area contributed by atoms with E-state index in [0.29, 0.717) is 10.6 Å². The normalized spacial score (nSPS) is 11.3. The van der Waals surface area contributed by atoms with Crippen molar-refractivity contribution in [3.05, 3.63) is 70.6 Å². The van der Waals surface area contributed by atoms with Gasteiger partial charge in [0.25, 0.3) is 0 Å².